The van der Waals surface area contributed by atoms with Crippen LogP contribution >= 0.6 is 0 Å². The average Bonchev–Trinajstić information content (AvgIpc) is 2.65. The lowest BCUT2D eigenvalue weighted by Gasteiger charge is -2.21. The number of sulfonamides is 1. The molecule has 0 aromatic heterocycles. The molecule has 0 aliphatic carbocycles. The molecular formula is C18H20F3N3O5S. The zero-order valence-electron chi connectivity index (χ0n) is 15.8. The highest BCUT2D eigenvalue weighted by atomic mass is 32.2. The molecule has 0 aliphatic heterocycles. The minimum Gasteiger partial charge on any atom is -0.491 e. The van der Waals surface area contributed by atoms with E-state index in [0.717, 1.165) is 29.2 Å². The number of benzene rings is 2. The van der Waals surface area contributed by atoms with E-state index in [9.17, 15) is 31.5 Å². The molecule has 2 rings (SSSR count). The summed E-state index contributed by atoms with van der Waals surface area (Å²) in [4.78, 5) is 13.2. The van der Waals surface area contributed by atoms with E-state index in [2.05, 4.69) is 5.32 Å². The van der Waals surface area contributed by atoms with Crippen LogP contribution in [0.15, 0.2) is 53.4 Å². The van der Waals surface area contributed by atoms with Crippen LogP contribution in [0.3, 0.4) is 0 Å². The molecule has 0 unspecified atom stereocenters. The molecule has 2 amide bonds. The number of ether oxygens (including phenoxy) is 1. The second-order valence-corrected chi connectivity index (χ2v) is 7.93. The molecule has 0 radical (unpaired) electrons. The number of primary sulfonamides is 1. The Labute approximate surface area is 171 Å². The number of hydrogen-bond donors (Lipinski definition) is 3. The van der Waals surface area contributed by atoms with Gasteiger partial charge >= 0.3 is 12.2 Å². The lowest BCUT2D eigenvalue weighted by Crippen LogP contribution is -2.39. The van der Waals surface area contributed by atoms with Crippen LogP contribution in [0.4, 0.5) is 23.7 Å². The maximum Gasteiger partial charge on any atom is 0.416 e. The van der Waals surface area contributed by atoms with Crippen molar-refractivity contribution in [2.24, 2.45) is 5.14 Å². The molecule has 164 valence electrons. The zero-order chi connectivity index (χ0) is 22.5. The Morgan fingerprint density at radius 1 is 1.17 bits per heavy atom. The van der Waals surface area contributed by atoms with Gasteiger partial charge in [0.2, 0.25) is 10.0 Å². The molecule has 0 spiro atoms. The molecule has 0 aliphatic rings. The van der Waals surface area contributed by atoms with E-state index in [0.29, 0.717) is 5.69 Å². The molecule has 2 aromatic carbocycles. The van der Waals surface area contributed by atoms with E-state index >= 15 is 0 Å². The normalized spacial score (nSPS) is 12.9. The predicted octanol–water partition coefficient (Wildman–Crippen LogP) is 2.26. The highest BCUT2D eigenvalue weighted by Crippen LogP contribution is 2.30. The van der Waals surface area contributed by atoms with Gasteiger partial charge in [-0.25, -0.2) is 18.4 Å². The molecule has 8 nitrogen and oxygen atoms in total. The van der Waals surface area contributed by atoms with E-state index in [1.165, 1.54) is 31.3 Å². The number of alkyl halides is 3. The fourth-order valence-electron chi connectivity index (χ4n) is 2.33. The van der Waals surface area contributed by atoms with Gasteiger partial charge < -0.3 is 20.1 Å². The molecule has 0 bridgehead atoms. The van der Waals surface area contributed by atoms with Crippen molar-refractivity contribution in [3.8, 4) is 5.75 Å². The number of carbonyl (C=O) groups is 1. The van der Waals surface area contributed by atoms with Gasteiger partial charge in [-0.1, -0.05) is 0 Å². The van der Waals surface area contributed by atoms with Crippen LogP contribution in [0.25, 0.3) is 0 Å². The number of hydrogen-bond acceptors (Lipinski definition) is 5. The third kappa shape index (κ3) is 6.90. The Balaban J connectivity index is 1.83. The summed E-state index contributed by atoms with van der Waals surface area (Å²) < 4.78 is 65.2. The summed E-state index contributed by atoms with van der Waals surface area (Å²) in [6, 6.07) is 8.60. The lowest BCUT2D eigenvalue weighted by molar-refractivity contribution is -0.137. The number of likely N-dealkylation sites (N-methyl/N-ethyl adjacent to an activating group) is 1. The van der Waals surface area contributed by atoms with Crippen LogP contribution in [-0.2, 0) is 16.2 Å². The number of nitrogens with zero attached hydrogens (tertiary/aromatic N) is 1. The van der Waals surface area contributed by atoms with Gasteiger partial charge in [-0.15, -0.1) is 0 Å². The summed E-state index contributed by atoms with van der Waals surface area (Å²) in [6.45, 7) is -0.367. The number of rotatable bonds is 7. The van der Waals surface area contributed by atoms with Gasteiger partial charge in [0, 0.05) is 12.7 Å². The first-order chi connectivity index (χ1) is 13.9. The number of aliphatic hydroxyl groups is 1. The summed E-state index contributed by atoms with van der Waals surface area (Å²) in [5, 5.41) is 17.5. The Bertz CT molecular complexity index is 964. The van der Waals surface area contributed by atoms with Crippen LogP contribution in [-0.4, -0.2) is 50.8 Å². The van der Waals surface area contributed by atoms with Crippen LogP contribution in [0.1, 0.15) is 5.56 Å². The molecule has 0 saturated carbocycles. The van der Waals surface area contributed by atoms with Crippen molar-refractivity contribution in [3.05, 3.63) is 54.1 Å². The van der Waals surface area contributed by atoms with Crippen molar-refractivity contribution in [1.82, 2.24) is 4.90 Å². The molecular weight excluding hydrogens is 427 g/mol. The van der Waals surface area contributed by atoms with E-state index in [4.69, 9.17) is 9.88 Å². The average molecular weight is 447 g/mol. The van der Waals surface area contributed by atoms with Crippen LogP contribution in [0, 0.1) is 0 Å². The Morgan fingerprint density at radius 2 is 1.73 bits per heavy atom. The molecule has 1 atom stereocenters. The van der Waals surface area contributed by atoms with Crippen molar-refractivity contribution < 1.29 is 36.2 Å². The molecule has 0 fully saturated rings. The van der Waals surface area contributed by atoms with Gasteiger partial charge in [0.1, 0.15) is 18.5 Å². The maximum absolute atomic E-state index is 12.5. The minimum absolute atomic E-state index is 0.107. The van der Waals surface area contributed by atoms with E-state index < -0.39 is 33.9 Å². The summed E-state index contributed by atoms with van der Waals surface area (Å²) in [5.74, 6) is 0.143. The van der Waals surface area contributed by atoms with Crippen molar-refractivity contribution in [3.63, 3.8) is 0 Å². The van der Waals surface area contributed by atoms with Gasteiger partial charge in [0.05, 0.1) is 17.0 Å². The minimum atomic E-state index is -4.45. The number of nitrogens with two attached hydrogens (primary N) is 1. The van der Waals surface area contributed by atoms with Crippen molar-refractivity contribution in [1.29, 1.82) is 0 Å². The van der Waals surface area contributed by atoms with Gasteiger partial charge in [-0.05, 0) is 48.5 Å². The number of halogens is 3. The zero-order valence-corrected chi connectivity index (χ0v) is 16.6. The third-order valence-corrected chi connectivity index (χ3v) is 4.82. The molecule has 0 heterocycles. The number of carbonyl (C=O) groups excluding carboxylic acids is 1. The fraction of sp³-hybridized carbons (Fsp3) is 0.278. The summed E-state index contributed by atoms with van der Waals surface area (Å²) in [6.07, 6.45) is -5.56. The van der Waals surface area contributed by atoms with E-state index in [1.54, 1.807) is 0 Å². The first kappa shape index (κ1) is 23.4. The second-order valence-electron chi connectivity index (χ2n) is 6.37. The first-order valence-corrected chi connectivity index (χ1v) is 10.0. The Morgan fingerprint density at radius 3 is 2.23 bits per heavy atom. The van der Waals surface area contributed by atoms with E-state index in [-0.39, 0.29) is 23.8 Å². The number of amides is 2. The van der Waals surface area contributed by atoms with Gasteiger partial charge in [0.15, 0.2) is 0 Å². The quantitative estimate of drug-likeness (QED) is 0.601. The van der Waals surface area contributed by atoms with Crippen molar-refractivity contribution in [2.45, 2.75) is 17.2 Å². The van der Waals surface area contributed by atoms with E-state index in [1.807, 2.05) is 0 Å². The topological polar surface area (TPSA) is 122 Å². The lowest BCUT2D eigenvalue weighted by atomic mass is 10.2. The first-order valence-electron chi connectivity index (χ1n) is 8.49. The second kappa shape index (κ2) is 9.32. The largest absolute Gasteiger partial charge is 0.491 e. The van der Waals surface area contributed by atoms with Gasteiger partial charge in [0.25, 0.3) is 0 Å². The van der Waals surface area contributed by atoms with Crippen LogP contribution in [0.5, 0.6) is 5.75 Å². The Kier molecular flexibility index (Phi) is 7.29. The molecule has 4 N–H and O–H groups in total. The van der Waals surface area contributed by atoms with Gasteiger partial charge in [-0.3, -0.25) is 0 Å². The summed E-state index contributed by atoms with van der Waals surface area (Å²) in [5.41, 5.74) is -0.501. The third-order valence-electron chi connectivity index (χ3n) is 3.89. The predicted molar refractivity (Wildman–Crippen MR) is 102 cm³/mol. The van der Waals surface area contributed by atoms with Crippen LogP contribution < -0.4 is 15.2 Å². The molecule has 0 saturated heterocycles. The highest BCUT2D eigenvalue weighted by Gasteiger charge is 2.30. The number of anilines is 1. The van der Waals surface area contributed by atoms with Crippen molar-refractivity contribution in [2.75, 3.05) is 25.5 Å². The Hall–Kier alpha value is -2.83. The number of nitrogens with one attached hydrogen (secondary N) is 1. The molecule has 30 heavy (non-hydrogen) atoms. The fourth-order valence-corrected chi connectivity index (χ4v) is 2.85. The number of aliphatic hydroxyl groups excluding tert-OH is 1. The number of urea groups is 1. The SMILES string of the molecule is CN(C[C@H](O)COc1ccc(C(F)(F)F)cc1)C(=O)Nc1ccc(S(N)(=O)=O)cc1. The highest BCUT2D eigenvalue weighted by molar-refractivity contribution is 7.89. The smallest absolute Gasteiger partial charge is 0.416 e. The molecule has 2 aromatic rings. The standard InChI is InChI=1S/C18H20F3N3O5S/c1-24(17(26)23-13-4-8-16(9-5-13)30(22,27)28)10-14(25)11-29-15-6-2-12(3-7-15)18(19,20)21/h2-9,14,25H,10-11H2,1H3,(H,23,26)(H2,22,27,28)/t14-/m0/s1. The monoisotopic (exact) mass is 447 g/mol. The summed E-state index contributed by atoms with van der Waals surface area (Å²) >= 11 is 0. The van der Waals surface area contributed by atoms with Gasteiger partial charge in [-0.2, -0.15) is 13.2 Å². The molecule has 12 heteroatoms. The summed E-state index contributed by atoms with van der Waals surface area (Å²) in [7, 11) is -2.43. The van der Waals surface area contributed by atoms with Crippen molar-refractivity contribution >= 4 is 21.7 Å². The van der Waals surface area contributed by atoms with Crippen LogP contribution in [0.2, 0.25) is 0 Å². The maximum atomic E-state index is 12.5.